The molecule has 27 heavy (non-hydrogen) atoms. The summed E-state index contributed by atoms with van der Waals surface area (Å²) in [6, 6.07) is 0. The summed E-state index contributed by atoms with van der Waals surface area (Å²) in [5.74, 6) is 0.680. The molecule has 0 radical (unpaired) electrons. The fraction of sp³-hybridized carbons (Fsp3) is 1.00. The van der Waals surface area contributed by atoms with Crippen molar-refractivity contribution in [2.24, 2.45) is 11.7 Å². The Labute approximate surface area is 164 Å². The molecule has 0 aromatic carbocycles. The summed E-state index contributed by atoms with van der Waals surface area (Å²) in [6.45, 7) is 13.1. The van der Waals surface area contributed by atoms with E-state index < -0.39 is 0 Å². The predicted octanol–water partition coefficient (Wildman–Crippen LogP) is 1.11. The molecule has 0 atom stereocenters. The number of nitrogens with two attached hydrogens (primary N) is 1. The monoisotopic (exact) mass is 395 g/mol. The van der Waals surface area contributed by atoms with Crippen molar-refractivity contribution >= 4 is 0 Å². The van der Waals surface area contributed by atoms with Crippen LogP contribution >= 0.6 is 0 Å². The molecule has 164 valence electrons. The van der Waals surface area contributed by atoms with Gasteiger partial charge < -0.3 is 38.9 Å². The number of hydrogen-bond donors (Lipinski definition) is 1. The SMILES string of the molecule is CC(C)CCOCCOCCOCCOCCOCCOCCOCCN. The van der Waals surface area contributed by atoms with E-state index in [9.17, 15) is 0 Å². The molecule has 8 heteroatoms. The molecule has 0 heterocycles. The highest BCUT2D eigenvalue weighted by atomic mass is 16.6. The second-order valence-corrected chi connectivity index (χ2v) is 6.26. The molecule has 0 bridgehead atoms. The minimum atomic E-state index is 0.538. The highest BCUT2D eigenvalue weighted by Crippen LogP contribution is 1.98. The van der Waals surface area contributed by atoms with Crippen molar-refractivity contribution in [3.8, 4) is 0 Å². The molecule has 0 saturated carbocycles. The Balaban J connectivity index is 2.97. The molecule has 2 N–H and O–H groups in total. The molecule has 0 aliphatic rings. The molecule has 0 saturated heterocycles. The van der Waals surface area contributed by atoms with E-state index in [0.29, 0.717) is 98.4 Å². The lowest BCUT2D eigenvalue weighted by Gasteiger charge is -2.08. The van der Waals surface area contributed by atoms with E-state index in [1.165, 1.54) is 0 Å². The van der Waals surface area contributed by atoms with Crippen molar-refractivity contribution in [3.05, 3.63) is 0 Å². The molecular formula is C19H41NO7. The molecule has 0 aromatic rings. The zero-order valence-corrected chi connectivity index (χ0v) is 17.3. The van der Waals surface area contributed by atoms with Crippen LogP contribution in [0.2, 0.25) is 0 Å². The Kier molecular flexibility index (Phi) is 23.4. The maximum Gasteiger partial charge on any atom is 0.0701 e. The van der Waals surface area contributed by atoms with Gasteiger partial charge in [-0.25, -0.2) is 0 Å². The van der Waals surface area contributed by atoms with Crippen molar-refractivity contribution in [3.63, 3.8) is 0 Å². The summed E-state index contributed by atoms with van der Waals surface area (Å²) in [6.07, 6.45) is 1.09. The van der Waals surface area contributed by atoms with Gasteiger partial charge in [0.2, 0.25) is 0 Å². The van der Waals surface area contributed by atoms with Crippen molar-refractivity contribution < 1.29 is 33.2 Å². The Morgan fingerprint density at radius 2 is 0.704 bits per heavy atom. The minimum absolute atomic E-state index is 0.538. The molecule has 0 aliphatic carbocycles. The summed E-state index contributed by atoms with van der Waals surface area (Å²) in [5, 5.41) is 0. The summed E-state index contributed by atoms with van der Waals surface area (Å²) in [4.78, 5) is 0. The topological polar surface area (TPSA) is 90.6 Å². The highest BCUT2D eigenvalue weighted by Gasteiger charge is 1.95. The van der Waals surface area contributed by atoms with Crippen LogP contribution in [0.5, 0.6) is 0 Å². The van der Waals surface area contributed by atoms with Crippen molar-refractivity contribution in [1.82, 2.24) is 0 Å². The Bertz CT molecular complexity index is 270. The van der Waals surface area contributed by atoms with Gasteiger partial charge in [0.05, 0.1) is 85.9 Å². The molecular weight excluding hydrogens is 354 g/mol. The van der Waals surface area contributed by atoms with Gasteiger partial charge in [-0.15, -0.1) is 0 Å². The fourth-order valence-corrected chi connectivity index (χ4v) is 1.82. The van der Waals surface area contributed by atoms with Gasteiger partial charge in [0.25, 0.3) is 0 Å². The molecule has 0 amide bonds. The van der Waals surface area contributed by atoms with Crippen molar-refractivity contribution in [2.45, 2.75) is 20.3 Å². The van der Waals surface area contributed by atoms with Crippen LogP contribution in [0, 0.1) is 5.92 Å². The van der Waals surface area contributed by atoms with Gasteiger partial charge in [0, 0.05) is 13.2 Å². The number of ether oxygens (including phenoxy) is 7. The summed E-state index contributed by atoms with van der Waals surface area (Å²) < 4.78 is 37.6. The first-order valence-corrected chi connectivity index (χ1v) is 10.0. The van der Waals surface area contributed by atoms with Crippen LogP contribution in [0.1, 0.15) is 20.3 Å². The van der Waals surface area contributed by atoms with Gasteiger partial charge >= 0.3 is 0 Å². The first-order valence-electron chi connectivity index (χ1n) is 10.0. The largest absolute Gasteiger partial charge is 0.379 e. The van der Waals surface area contributed by atoms with E-state index in [2.05, 4.69) is 13.8 Å². The first-order chi connectivity index (χ1) is 13.3. The van der Waals surface area contributed by atoms with E-state index >= 15 is 0 Å². The van der Waals surface area contributed by atoms with Gasteiger partial charge in [-0.05, 0) is 12.3 Å². The lowest BCUT2D eigenvalue weighted by Crippen LogP contribution is -2.15. The normalized spacial score (nSPS) is 11.6. The van der Waals surface area contributed by atoms with E-state index in [0.717, 1.165) is 13.0 Å². The molecule has 0 rings (SSSR count). The Morgan fingerprint density at radius 1 is 0.444 bits per heavy atom. The van der Waals surface area contributed by atoms with Gasteiger partial charge in [-0.2, -0.15) is 0 Å². The Morgan fingerprint density at radius 3 is 0.963 bits per heavy atom. The molecule has 0 fully saturated rings. The Hall–Kier alpha value is -0.320. The maximum absolute atomic E-state index is 5.46. The van der Waals surface area contributed by atoms with Crippen LogP contribution < -0.4 is 5.73 Å². The lowest BCUT2D eigenvalue weighted by molar-refractivity contribution is -0.0205. The van der Waals surface area contributed by atoms with Crippen LogP contribution in [-0.4, -0.2) is 99.0 Å². The first kappa shape index (κ1) is 26.7. The van der Waals surface area contributed by atoms with E-state index in [4.69, 9.17) is 38.9 Å². The zero-order valence-electron chi connectivity index (χ0n) is 17.3. The summed E-state index contributed by atoms with van der Waals surface area (Å²) in [7, 11) is 0. The average Bonchev–Trinajstić information content (AvgIpc) is 2.65. The smallest absolute Gasteiger partial charge is 0.0701 e. The molecule has 0 aromatic heterocycles. The number of hydrogen-bond acceptors (Lipinski definition) is 8. The van der Waals surface area contributed by atoms with Crippen molar-refractivity contribution in [1.29, 1.82) is 0 Å². The van der Waals surface area contributed by atoms with Gasteiger partial charge in [-0.3, -0.25) is 0 Å². The maximum atomic E-state index is 5.46. The summed E-state index contributed by atoms with van der Waals surface area (Å²) >= 11 is 0. The second kappa shape index (κ2) is 23.7. The zero-order chi connectivity index (χ0) is 19.8. The third kappa shape index (κ3) is 25.7. The van der Waals surface area contributed by atoms with Crippen molar-refractivity contribution in [2.75, 3.05) is 99.0 Å². The van der Waals surface area contributed by atoms with Crippen LogP contribution in [-0.2, 0) is 33.2 Å². The van der Waals surface area contributed by atoms with Gasteiger partial charge in [0.15, 0.2) is 0 Å². The standard InChI is InChI=1S/C19H41NO7/c1-19(2)3-5-21-7-9-23-11-13-25-15-17-27-18-16-26-14-12-24-10-8-22-6-4-20/h19H,3-18,20H2,1-2H3. The fourth-order valence-electron chi connectivity index (χ4n) is 1.82. The third-order valence-corrected chi connectivity index (χ3v) is 3.33. The van der Waals surface area contributed by atoms with Crippen LogP contribution in [0.3, 0.4) is 0 Å². The molecule has 0 unspecified atom stereocenters. The van der Waals surface area contributed by atoms with Crippen LogP contribution in [0.4, 0.5) is 0 Å². The predicted molar refractivity (Wildman–Crippen MR) is 104 cm³/mol. The van der Waals surface area contributed by atoms with Crippen LogP contribution in [0.15, 0.2) is 0 Å². The van der Waals surface area contributed by atoms with Gasteiger partial charge in [0.1, 0.15) is 0 Å². The number of rotatable bonds is 23. The van der Waals surface area contributed by atoms with E-state index in [-0.39, 0.29) is 0 Å². The molecule has 0 aliphatic heterocycles. The second-order valence-electron chi connectivity index (χ2n) is 6.26. The molecule has 8 nitrogen and oxygen atoms in total. The molecule has 0 spiro atoms. The minimum Gasteiger partial charge on any atom is -0.379 e. The van der Waals surface area contributed by atoms with E-state index in [1.54, 1.807) is 0 Å². The highest BCUT2D eigenvalue weighted by molar-refractivity contribution is 4.42. The van der Waals surface area contributed by atoms with Gasteiger partial charge in [-0.1, -0.05) is 13.8 Å². The summed E-state index contributed by atoms with van der Waals surface area (Å²) in [5.41, 5.74) is 5.31. The van der Waals surface area contributed by atoms with E-state index in [1.807, 2.05) is 0 Å². The third-order valence-electron chi connectivity index (χ3n) is 3.33. The average molecular weight is 396 g/mol. The lowest BCUT2D eigenvalue weighted by atomic mass is 10.1. The van der Waals surface area contributed by atoms with Crippen LogP contribution in [0.25, 0.3) is 0 Å². The quantitative estimate of drug-likeness (QED) is 0.257.